The number of para-hydroxylation sites is 1. The molecule has 1 aromatic rings. The average molecular weight is 321 g/mol. The van der Waals surface area contributed by atoms with Crippen LogP contribution in [0.5, 0.6) is 11.5 Å². The van der Waals surface area contributed by atoms with Gasteiger partial charge in [-0.15, -0.1) is 0 Å². The molecule has 21 heavy (non-hydrogen) atoms. The highest BCUT2D eigenvalue weighted by atomic mass is 32.2. The number of nitrogens with zero attached hydrogens (tertiary/aromatic N) is 1. The molecule has 0 aromatic heterocycles. The monoisotopic (exact) mass is 321 g/mol. The first kappa shape index (κ1) is 15.6. The van der Waals surface area contributed by atoms with E-state index in [2.05, 4.69) is 6.58 Å². The van der Waals surface area contributed by atoms with Gasteiger partial charge in [0, 0.05) is 12.6 Å². The first-order valence-electron chi connectivity index (χ1n) is 6.20. The number of benzene rings is 1. The third-order valence-electron chi connectivity index (χ3n) is 2.85. The van der Waals surface area contributed by atoms with Crippen molar-refractivity contribution in [2.75, 3.05) is 20.8 Å². The van der Waals surface area contributed by atoms with E-state index in [9.17, 15) is 4.79 Å². The Hall–Kier alpha value is -1.79. The van der Waals surface area contributed by atoms with Crippen LogP contribution in [0.1, 0.15) is 5.56 Å². The molecule has 1 saturated heterocycles. The van der Waals surface area contributed by atoms with Gasteiger partial charge < -0.3 is 9.47 Å². The van der Waals surface area contributed by atoms with E-state index >= 15 is 0 Å². The highest BCUT2D eigenvalue weighted by Crippen LogP contribution is 2.36. The van der Waals surface area contributed by atoms with Crippen LogP contribution in [0, 0.1) is 0 Å². The number of thioether (sulfide) groups is 1. The van der Waals surface area contributed by atoms with Crippen LogP contribution in [0.2, 0.25) is 0 Å². The van der Waals surface area contributed by atoms with Gasteiger partial charge in [-0.3, -0.25) is 9.69 Å². The molecule has 2 rings (SSSR count). The van der Waals surface area contributed by atoms with Crippen LogP contribution in [0.25, 0.3) is 6.08 Å². The average Bonchev–Trinajstić information content (AvgIpc) is 2.73. The van der Waals surface area contributed by atoms with Gasteiger partial charge >= 0.3 is 0 Å². The number of hydrogen-bond acceptors (Lipinski definition) is 5. The third-order valence-corrected chi connectivity index (χ3v) is 4.33. The highest BCUT2D eigenvalue weighted by Gasteiger charge is 2.29. The van der Waals surface area contributed by atoms with Crippen LogP contribution in [0.15, 0.2) is 35.8 Å². The lowest BCUT2D eigenvalue weighted by atomic mass is 10.1. The fraction of sp³-hybridized carbons (Fsp3) is 0.200. The summed E-state index contributed by atoms with van der Waals surface area (Å²) in [5.41, 5.74) is 0.769. The number of rotatable bonds is 5. The van der Waals surface area contributed by atoms with E-state index in [-0.39, 0.29) is 5.91 Å². The smallest absolute Gasteiger partial charge is 0.265 e. The molecule has 1 aromatic carbocycles. The molecular weight excluding hydrogens is 306 g/mol. The predicted octanol–water partition coefficient (Wildman–Crippen LogP) is 3.09. The van der Waals surface area contributed by atoms with E-state index < -0.39 is 0 Å². The number of thiocarbonyl (C=S) groups is 1. The lowest BCUT2D eigenvalue weighted by Crippen LogP contribution is -2.22. The van der Waals surface area contributed by atoms with Crippen LogP contribution in [0.4, 0.5) is 0 Å². The van der Waals surface area contributed by atoms with Gasteiger partial charge in [0.15, 0.2) is 11.5 Å². The van der Waals surface area contributed by atoms with Crippen molar-refractivity contribution in [1.29, 1.82) is 0 Å². The molecule has 0 saturated carbocycles. The van der Waals surface area contributed by atoms with E-state index in [1.54, 1.807) is 32.4 Å². The Bertz CT molecular complexity index is 625. The van der Waals surface area contributed by atoms with Crippen molar-refractivity contribution in [3.05, 3.63) is 41.3 Å². The Morgan fingerprint density at radius 3 is 2.81 bits per heavy atom. The molecule has 0 spiro atoms. The maximum absolute atomic E-state index is 12.1. The van der Waals surface area contributed by atoms with Crippen molar-refractivity contribution in [3.63, 3.8) is 0 Å². The van der Waals surface area contributed by atoms with Crippen molar-refractivity contribution >= 4 is 40.3 Å². The number of amides is 1. The van der Waals surface area contributed by atoms with Gasteiger partial charge in [-0.2, -0.15) is 0 Å². The number of hydrogen-bond donors (Lipinski definition) is 0. The Morgan fingerprint density at radius 1 is 1.48 bits per heavy atom. The first-order chi connectivity index (χ1) is 10.1. The number of carbonyl (C=O) groups is 1. The highest BCUT2D eigenvalue weighted by molar-refractivity contribution is 8.26. The van der Waals surface area contributed by atoms with Crippen molar-refractivity contribution in [1.82, 2.24) is 4.90 Å². The van der Waals surface area contributed by atoms with E-state index in [0.29, 0.717) is 27.3 Å². The van der Waals surface area contributed by atoms with Crippen molar-refractivity contribution < 1.29 is 14.3 Å². The molecule has 4 nitrogen and oxygen atoms in total. The van der Waals surface area contributed by atoms with Gasteiger partial charge in [0.2, 0.25) is 0 Å². The molecule has 0 bridgehead atoms. The fourth-order valence-electron chi connectivity index (χ4n) is 1.79. The number of methoxy groups -OCH3 is 1. The Kier molecular flexibility index (Phi) is 5.03. The second-order valence-electron chi connectivity index (χ2n) is 4.22. The minimum Gasteiger partial charge on any atom is -0.493 e. The molecule has 6 heteroatoms. The molecule has 1 heterocycles. The Labute approximate surface area is 133 Å². The molecule has 0 radical (unpaired) electrons. The maximum Gasteiger partial charge on any atom is 0.265 e. The van der Waals surface area contributed by atoms with Crippen LogP contribution in [-0.4, -0.2) is 35.9 Å². The van der Waals surface area contributed by atoms with Crippen molar-refractivity contribution in [2.45, 2.75) is 0 Å². The summed E-state index contributed by atoms with van der Waals surface area (Å²) in [6, 6.07) is 5.52. The summed E-state index contributed by atoms with van der Waals surface area (Å²) < 4.78 is 11.5. The molecule has 1 amide bonds. The topological polar surface area (TPSA) is 38.8 Å². The summed E-state index contributed by atoms with van der Waals surface area (Å²) >= 11 is 6.40. The quantitative estimate of drug-likeness (QED) is 0.473. The molecule has 1 aliphatic heterocycles. The molecule has 0 aliphatic carbocycles. The molecule has 0 atom stereocenters. The number of ether oxygens (including phenoxy) is 2. The normalized spacial score (nSPS) is 16.5. The van der Waals surface area contributed by atoms with Crippen LogP contribution in [-0.2, 0) is 4.79 Å². The summed E-state index contributed by atoms with van der Waals surface area (Å²) in [6.45, 7) is 3.99. The minimum atomic E-state index is -0.109. The maximum atomic E-state index is 12.1. The zero-order valence-corrected chi connectivity index (χ0v) is 13.4. The van der Waals surface area contributed by atoms with E-state index in [1.165, 1.54) is 16.7 Å². The fourth-order valence-corrected chi connectivity index (χ4v) is 2.96. The summed E-state index contributed by atoms with van der Waals surface area (Å²) in [6.07, 6.45) is 3.42. The Balaban J connectivity index is 2.42. The van der Waals surface area contributed by atoms with Gasteiger partial charge in [-0.1, -0.05) is 48.8 Å². The summed E-state index contributed by atoms with van der Waals surface area (Å²) in [4.78, 5) is 14.1. The molecule has 0 N–H and O–H groups in total. The largest absolute Gasteiger partial charge is 0.493 e. The van der Waals surface area contributed by atoms with Crippen LogP contribution < -0.4 is 9.47 Å². The molecule has 1 aliphatic rings. The lowest BCUT2D eigenvalue weighted by Gasteiger charge is -2.12. The summed E-state index contributed by atoms with van der Waals surface area (Å²) in [5, 5.41) is 0. The molecule has 1 fully saturated rings. The zero-order valence-electron chi connectivity index (χ0n) is 11.8. The molecular formula is C15H15NO3S2. The van der Waals surface area contributed by atoms with E-state index in [0.717, 1.165) is 5.56 Å². The van der Waals surface area contributed by atoms with E-state index in [1.807, 2.05) is 12.1 Å². The predicted molar refractivity (Wildman–Crippen MR) is 89.6 cm³/mol. The van der Waals surface area contributed by atoms with Crippen molar-refractivity contribution in [3.8, 4) is 11.5 Å². The van der Waals surface area contributed by atoms with Gasteiger partial charge in [0.1, 0.15) is 10.9 Å². The second kappa shape index (κ2) is 6.78. The SMILES string of the molecule is C=CCOc1c(C=C2SC(=S)N(C)C2=O)cccc1OC. The molecule has 0 unspecified atom stereocenters. The van der Waals surface area contributed by atoms with Crippen LogP contribution >= 0.6 is 24.0 Å². The van der Waals surface area contributed by atoms with Gasteiger partial charge in [-0.25, -0.2) is 0 Å². The number of likely N-dealkylation sites (N-methyl/N-ethyl adjacent to an activating group) is 1. The molecule has 110 valence electrons. The van der Waals surface area contributed by atoms with Crippen LogP contribution in [0.3, 0.4) is 0 Å². The standard InChI is InChI=1S/C15H15NO3S2/c1-4-8-19-13-10(6-5-7-11(13)18-3)9-12-14(17)16(2)15(20)21-12/h4-7,9H,1,8H2,2-3H3. The van der Waals surface area contributed by atoms with Gasteiger partial charge in [0.05, 0.1) is 12.0 Å². The first-order valence-corrected chi connectivity index (χ1v) is 7.43. The van der Waals surface area contributed by atoms with Gasteiger partial charge in [-0.05, 0) is 12.1 Å². The number of carbonyl (C=O) groups excluding carboxylic acids is 1. The third kappa shape index (κ3) is 3.28. The second-order valence-corrected chi connectivity index (χ2v) is 5.89. The van der Waals surface area contributed by atoms with Gasteiger partial charge in [0.25, 0.3) is 5.91 Å². The van der Waals surface area contributed by atoms with E-state index in [4.69, 9.17) is 21.7 Å². The lowest BCUT2D eigenvalue weighted by molar-refractivity contribution is -0.121. The minimum absolute atomic E-state index is 0.109. The summed E-state index contributed by atoms with van der Waals surface area (Å²) in [7, 11) is 3.24. The van der Waals surface area contributed by atoms with Crippen molar-refractivity contribution in [2.24, 2.45) is 0 Å². The Morgan fingerprint density at radius 2 is 2.24 bits per heavy atom. The zero-order chi connectivity index (χ0) is 15.4. The summed E-state index contributed by atoms with van der Waals surface area (Å²) in [5.74, 6) is 1.08.